The molecule has 0 spiro atoms. The summed E-state index contributed by atoms with van der Waals surface area (Å²) in [5.41, 5.74) is 3.44. The first-order chi connectivity index (χ1) is 10.5. The molecule has 2 aromatic rings. The fourth-order valence-corrected chi connectivity index (χ4v) is 3.19. The number of carbonyl (C=O) groups is 1. The maximum Gasteiger partial charge on any atom is 0.220 e. The fraction of sp³-hybridized carbons (Fsp3) is 0.500. The second-order valence-electron chi connectivity index (χ2n) is 5.79. The summed E-state index contributed by atoms with van der Waals surface area (Å²) in [6.07, 6.45) is 1.95. The number of nitrogens with zero attached hydrogens (tertiary/aromatic N) is 4. The molecule has 1 fully saturated rings. The van der Waals surface area contributed by atoms with Crippen molar-refractivity contribution in [1.29, 1.82) is 0 Å². The highest BCUT2D eigenvalue weighted by atomic mass is 16.5. The summed E-state index contributed by atoms with van der Waals surface area (Å²) in [5, 5.41) is 3.99. The van der Waals surface area contributed by atoms with Crippen LogP contribution in [0.4, 0.5) is 0 Å². The van der Waals surface area contributed by atoms with Crippen LogP contribution in [-0.4, -0.2) is 32.5 Å². The number of rotatable bonds is 2. The molecule has 6 heteroatoms. The lowest BCUT2D eigenvalue weighted by Crippen LogP contribution is -2.28. The highest BCUT2D eigenvalue weighted by molar-refractivity contribution is 5.74. The van der Waals surface area contributed by atoms with Gasteiger partial charge >= 0.3 is 0 Å². The first-order valence-electron chi connectivity index (χ1n) is 7.53. The highest BCUT2D eigenvalue weighted by Crippen LogP contribution is 2.33. The SMILES string of the molecule is CC(=O)N1CCC[C@@H]1c1cc(-c2c(C)noc2C)nc(C)n1. The lowest BCUT2D eigenvalue weighted by Gasteiger charge is -2.23. The molecule has 22 heavy (non-hydrogen) atoms. The van der Waals surface area contributed by atoms with Crippen LogP contribution in [0.1, 0.15) is 48.8 Å². The molecule has 0 unspecified atom stereocenters. The molecule has 0 radical (unpaired) electrons. The summed E-state index contributed by atoms with van der Waals surface area (Å²) in [6.45, 7) is 8.06. The Morgan fingerprint density at radius 2 is 2.09 bits per heavy atom. The fourth-order valence-electron chi connectivity index (χ4n) is 3.19. The molecule has 0 bridgehead atoms. The van der Waals surface area contributed by atoms with Gasteiger partial charge in [-0.2, -0.15) is 0 Å². The standard InChI is InChI=1S/C16H20N4O2/c1-9-16(10(2)22-19-9)14-8-13(17-11(3)18-14)15-6-5-7-20(15)12(4)21/h8,15H,5-7H2,1-4H3/t15-/m1/s1. The second kappa shape index (κ2) is 5.51. The van der Waals surface area contributed by atoms with Crippen LogP contribution >= 0.6 is 0 Å². The van der Waals surface area contributed by atoms with Crippen LogP contribution in [0.3, 0.4) is 0 Å². The lowest BCUT2D eigenvalue weighted by molar-refractivity contribution is -0.129. The van der Waals surface area contributed by atoms with Gasteiger partial charge in [0.05, 0.1) is 28.7 Å². The Morgan fingerprint density at radius 1 is 1.32 bits per heavy atom. The van der Waals surface area contributed by atoms with E-state index in [-0.39, 0.29) is 11.9 Å². The average molecular weight is 300 g/mol. The van der Waals surface area contributed by atoms with Crippen LogP contribution in [0.25, 0.3) is 11.3 Å². The maximum atomic E-state index is 11.8. The zero-order valence-electron chi connectivity index (χ0n) is 13.4. The van der Waals surface area contributed by atoms with Crippen molar-refractivity contribution in [1.82, 2.24) is 20.0 Å². The third kappa shape index (κ3) is 2.49. The Morgan fingerprint density at radius 3 is 2.73 bits per heavy atom. The van der Waals surface area contributed by atoms with Gasteiger partial charge in [-0.15, -0.1) is 0 Å². The number of hydrogen-bond donors (Lipinski definition) is 0. The molecule has 0 aromatic carbocycles. The van der Waals surface area contributed by atoms with Crippen molar-refractivity contribution in [2.45, 2.75) is 46.6 Å². The Bertz CT molecular complexity index is 703. The minimum absolute atomic E-state index is 0.0402. The molecular formula is C16H20N4O2. The van der Waals surface area contributed by atoms with Crippen molar-refractivity contribution in [3.63, 3.8) is 0 Å². The van der Waals surface area contributed by atoms with Crippen LogP contribution in [0, 0.1) is 20.8 Å². The number of likely N-dealkylation sites (tertiary alicyclic amines) is 1. The van der Waals surface area contributed by atoms with Gasteiger partial charge in [0.25, 0.3) is 0 Å². The van der Waals surface area contributed by atoms with Gasteiger partial charge in [0, 0.05) is 13.5 Å². The van der Waals surface area contributed by atoms with Crippen LogP contribution in [0.5, 0.6) is 0 Å². The summed E-state index contributed by atoms with van der Waals surface area (Å²) < 4.78 is 5.24. The van der Waals surface area contributed by atoms with Crippen molar-refractivity contribution in [2.75, 3.05) is 6.54 Å². The molecule has 0 N–H and O–H groups in total. The topological polar surface area (TPSA) is 72.1 Å². The Labute approximate surface area is 129 Å². The van der Waals surface area contributed by atoms with Gasteiger partial charge in [-0.05, 0) is 39.7 Å². The van der Waals surface area contributed by atoms with Crippen LogP contribution in [-0.2, 0) is 4.79 Å². The highest BCUT2D eigenvalue weighted by Gasteiger charge is 2.30. The molecule has 1 amide bonds. The van der Waals surface area contributed by atoms with Crippen molar-refractivity contribution in [2.24, 2.45) is 0 Å². The monoisotopic (exact) mass is 300 g/mol. The summed E-state index contributed by atoms with van der Waals surface area (Å²) in [4.78, 5) is 22.8. The van der Waals surface area contributed by atoms with Crippen LogP contribution < -0.4 is 0 Å². The molecule has 0 aliphatic carbocycles. The molecule has 2 aromatic heterocycles. The first kappa shape index (κ1) is 14.7. The molecule has 6 nitrogen and oxygen atoms in total. The minimum atomic E-state index is 0.0402. The van der Waals surface area contributed by atoms with Gasteiger partial charge < -0.3 is 9.42 Å². The van der Waals surface area contributed by atoms with E-state index in [2.05, 4.69) is 15.1 Å². The number of carbonyl (C=O) groups excluding carboxylic acids is 1. The van der Waals surface area contributed by atoms with E-state index in [1.165, 1.54) is 0 Å². The third-order valence-corrected chi connectivity index (χ3v) is 4.15. The number of hydrogen-bond acceptors (Lipinski definition) is 5. The van der Waals surface area contributed by atoms with E-state index in [9.17, 15) is 4.79 Å². The van der Waals surface area contributed by atoms with E-state index in [0.29, 0.717) is 5.82 Å². The molecule has 1 atom stereocenters. The van der Waals surface area contributed by atoms with Crippen molar-refractivity contribution >= 4 is 5.91 Å². The van der Waals surface area contributed by atoms with Gasteiger partial charge in [0.15, 0.2) is 0 Å². The number of amides is 1. The maximum absolute atomic E-state index is 11.8. The smallest absolute Gasteiger partial charge is 0.220 e. The van der Waals surface area contributed by atoms with Crippen molar-refractivity contribution in [3.8, 4) is 11.3 Å². The van der Waals surface area contributed by atoms with E-state index in [1.54, 1.807) is 6.92 Å². The molecule has 1 aliphatic heterocycles. The van der Waals surface area contributed by atoms with E-state index in [4.69, 9.17) is 4.52 Å². The predicted octanol–water partition coefficient (Wildman–Crippen LogP) is 2.74. The summed E-state index contributed by atoms with van der Waals surface area (Å²) in [7, 11) is 0. The van der Waals surface area contributed by atoms with Gasteiger partial charge in [0.1, 0.15) is 11.6 Å². The molecule has 0 saturated carbocycles. The summed E-state index contributed by atoms with van der Waals surface area (Å²) in [6, 6.07) is 2.00. The average Bonchev–Trinajstić information content (AvgIpc) is 3.05. The van der Waals surface area contributed by atoms with Crippen molar-refractivity contribution < 1.29 is 9.32 Å². The van der Waals surface area contributed by atoms with Crippen LogP contribution in [0.2, 0.25) is 0 Å². The van der Waals surface area contributed by atoms with E-state index < -0.39 is 0 Å². The van der Waals surface area contributed by atoms with Gasteiger partial charge in [0.2, 0.25) is 5.91 Å². The number of aryl methyl sites for hydroxylation is 3. The lowest BCUT2D eigenvalue weighted by atomic mass is 10.1. The molecule has 3 heterocycles. The van der Waals surface area contributed by atoms with Gasteiger partial charge in [-0.3, -0.25) is 4.79 Å². The largest absolute Gasteiger partial charge is 0.361 e. The Kier molecular flexibility index (Phi) is 3.68. The molecular weight excluding hydrogens is 280 g/mol. The number of aromatic nitrogens is 3. The minimum Gasteiger partial charge on any atom is -0.361 e. The van der Waals surface area contributed by atoms with Gasteiger partial charge in [-0.1, -0.05) is 5.16 Å². The third-order valence-electron chi connectivity index (χ3n) is 4.15. The van der Waals surface area contributed by atoms with E-state index >= 15 is 0 Å². The molecule has 3 rings (SSSR count). The van der Waals surface area contributed by atoms with Crippen LogP contribution in [0.15, 0.2) is 10.6 Å². The first-order valence-corrected chi connectivity index (χ1v) is 7.53. The molecule has 1 aliphatic rings. The Balaban J connectivity index is 2.06. The van der Waals surface area contributed by atoms with Crippen molar-refractivity contribution in [3.05, 3.63) is 29.0 Å². The normalized spacial score (nSPS) is 18.0. The second-order valence-corrected chi connectivity index (χ2v) is 5.79. The van der Waals surface area contributed by atoms with E-state index in [0.717, 1.165) is 47.8 Å². The Hall–Kier alpha value is -2.24. The molecule has 116 valence electrons. The summed E-state index contributed by atoms with van der Waals surface area (Å²) >= 11 is 0. The summed E-state index contributed by atoms with van der Waals surface area (Å²) in [5.74, 6) is 1.54. The molecule has 1 saturated heterocycles. The van der Waals surface area contributed by atoms with E-state index in [1.807, 2.05) is 31.7 Å². The zero-order valence-corrected chi connectivity index (χ0v) is 13.4. The zero-order chi connectivity index (χ0) is 15.9. The van der Waals surface area contributed by atoms with Gasteiger partial charge in [-0.25, -0.2) is 9.97 Å². The quantitative estimate of drug-likeness (QED) is 0.852. The predicted molar refractivity (Wildman–Crippen MR) is 81.1 cm³/mol.